The number of likely N-dealkylation sites (tertiary alicyclic amines) is 1. The molecule has 0 aromatic heterocycles. The van der Waals surface area contributed by atoms with Gasteiger partial charge in [0, 0.05) is 26.2 Å². The largest absolute Gasteiger partial charge is 0.496 e. The number of aryl methyl sites for hydroxylation is 1. The van der Waals surface area contributed by atoms with Crippen molar-refractivity contribution in [2.45, 2.75) is 83.5 Å². The molecule has 0 aliphatic carbocycles. The average molecular weight is 584 g/mol. The second-order valence-electron chi connectivity index (χ2n) is 12.0. The zero-order valence-corrected chi connectivity index (χ0v) is 26.1. The van der Waals surface area contributed by atoms with E-state index in [0.29, 0.717) is 54.7 Å². The topological polar surface area (TPSA) is 87.2 Å². The van der Waals surface area contributed by atoms with E-state index in [4.69, 9.17) is 4.74 Å². The zero-order chi connectivity index (χ0) is 28.2. The second-order valence-corrected chi connectivity index (χ2v) is 15.9. The van der Waals surface area contributed by atoms with Gasteiger partial charge in [-0.25, -0.2) is 21.1 Å². The lowest BCUT2D eigenvalue weighted by Crippen LogP contribution is -2.41. The Bertz CT molecular complexity index is 1190. The molecule has 0 radical (unpaired) electrons. The Morgan fingerprint density at radius 2 is 1.51 bits per heavy atom. The van der Waals surface area contributed by atoms with Crippen LogP contribution in [0.25, 0.3) is 0 Å². The van der Waals surface area contributed by atoms with Gasteiger partial charge in [-0.3, -0.25) is 0 Å². The summed E-state index contributed by atoms with van der Waals surface area (Å²) in [6.45, 7) is 11.4. The maximum atomic E-state index is 13.7. The van der Waals surface area contributed by atoms with E-state index in [9.17, 15) is 16.8 Å². The molecule has 3 aliphatic heterocycles. The molecule has 0 amide bonds. The van der Waals surface area contributed by atoms with Crippen molar-refractivity contribution >= 4 is 20.0 Å². The Labute approximate surface area is 237 Å². The summed E-state index contributed by atoms with van der Waals surface area (Å²) in [5.74, 6) is 1.67. The number of hydrogen-bond donors (Lipinski definition) is 0. The van der Waals surface area contributed by atoms with Crippen molar-refractivity contribution in [2.75, 3.05) is 58.7 Å². The van der Waals surface area contributed by atoms with Crippen molar-refractivity contribution in [3.63, 3.8) is 0 Å². The first-order chi connectivity index (χ1) is 18.5. The molecule has 1 aromatic carbocycles. The van der Waals surface area contributed by atoms with Gasteiger partial charge in [0.25, 0.3) is 0 Å². The van der Waals surface area contributed by atoms with Gasteiger partial charge in [0.2, 0.25) is 20.0 Å². The summed E-state index contributed by atoms with van der Waals surface area (Å²) in [6, 6.07) is 1.80. The van der Waals surface area contributed by atoms with Crippen LogP contribution in [0.1, 0.15) is 74.5 Å². The Morgan fingerprint density at radius 3 is 2.18 bits per heavy atom. The second kappa shape index (κ2) is 13.2. The number of ether oxygens (including phenoxy) is 1. The molecule has 3 aliphatic rings. The van der Waals surface area contributed by atoms with Gasteiger partial charge in [0.05, 0.1) is 17.8 Å². The van der Waals surface area contributed by atoms with Gasteiger partial charge in [-0.2, -0.15) is 4.31 Å². The van der Waals surface area contributed by atoms with Gasteiger partial charge < -0.3 is 9.64 Å². The van der Waals surface area contributed by atoms with Gasteiger partial charge >= 0.3 is 0 Å². The molecule has 1 atom stereocenters. The fourth-order valence-corrected chi connectivity index (χ4v) is 10.4. The van der Waals surface area contributed by atoms with E-state index in [-0.39, 0.29) is 11.7 Å². The molecule has 4 rings (SSSR count). The summed E-state index contributed by atoms with van der Waals surface area (Å²) in [6.07, 6.45) is 8.79. The summed E-state index contributed by atoms with van der Waals surface area (Å²) >= 11 is 0. The minimum Gasteiger partial charge on any atom is -0.496 e. The fraction of sp³-hybridized carbons (Fsp3) is 0.793. The summed E-state index contributed by atoms with van der Waals surface area (Å²) in [7, 11) is -5.31. The highest BCUT2D eigenvalue weighted by atomic mass is 32.2. The first-order valence-corrected chi connectivity index (χ1v) is 17.9. The van der Waals surface area contributed by atoms with E-state index >= 15 is 0 Å². The van der Waals surface area contributed by atoms with Crippen LogP contribution in [0.15, 0.2) is 11.0 Å². The number of benzene rings is 1. The third kappa shape index (κ3) is 7.36. The maximum Gasteiger partial charge on any atom is 0.243 e. The predicted molar refractivity (Wildman–Crippen MR) is 156 cm³/mol. The molecule has 0 N–H and O–H groups in total. The Kier molecular flexibility index (Phi) is 10.4. The van der Waals surface area contributed by atoms with E-state index in [1.165, 1.54) is 32.4 Å². The normalized spacial score (nSPS) is 22.9. The van der Waals surface area contributed by atoms with Crippen LogP contribution in [0.2, 0.25) is 0 Å². The van der Waals surface area contributed by atoms with Gasteiger partial charge in [-0.1, -0.05) is 0 Å². The Hall–Kier alpha value is -1.20. The van der Waals surface area contributed by atoms with Gasteiger partial charge in [-0.05, 0) is 133 Å². The highest BCUT2D eigenvalue weighted by Crippen LogP contribution is 2.34. The Morgan fingerprint density at radius 1 is 0.821 bits per heavy atom. The first kappa shape index (κ1) is 30.8. The number of sulfonamides is 2. The highest BCUT2D eigenvalue weighted by Gasteiger charge is 2.34. The standard InChI is InChI=1S/C29H49N3O5S2/c1-23-21-28(37-4)24(2)25(3)29(23)39(35,36)32-16-7-9-27(22-32)10-8-20-38(33,34)31-18-12-26(13-19-31)11-17-30-14-5-6-15-30/h21,26-27H,5-20,22H2,1-4H3. The molecule has 1 aromatic rings. The predicted octanol–water partition coefficient (Wildman–Crippen LogP) is 4.33. The molecular formula is C29H49N3O5S2. The maximum absolute atomic E-state index is 13.7. The van der Waals surface area contributed by atoms with Crippen molar-refractivity contribution in [3.8, 4) is 5.75 Å². The van der Waals surface area contributed by atoms with Gasteiger partial charge in [-0.15, -0.1) is 0 Å². The number of piperidine rings is 2. The smallest absolute Gasteiger partial charge is 0.243 e. The SMILES string of the molecule is COc1cc(C)c(S(=O)(=O)N2CCCC(CCCS(=O)(=O)N3CCC(CCN4CCCC4)CC3)C2)c(C)c1C. The van der Waals surface area contributed by atoms with Crippen LogP contribution in [0.4, 0.5) is 0 Å². The minimum absolute atomic E-state index is 0.157. The summed E-state index contributed by atoms with van der Waals surface area (Å²) < 4.78 is 62.3. The van der Waals surface area contributed by atoms with Crippen LogP contribution in [-0.4, -0.2) is 89.0 Å². The van der Waals surface area contributed by atoms with Crippen LogP contribution in [0.5, 0.6) is 5.75 Å². The van der Waals surface area contributed by atoms with Gasteiger partial charge in [0.1, 0.15) is 5.75 Å². The molecule has 3 heterocycles. The van der Waals surface area contributed by atoms with E-state index < -0.39 is 20.0 Å². The number of hydrogen-bond acceptors (Lipinski definition) is 6. The van der Waals surface area contributed by atoms with E-state index in [2.05, 4.69) is 4.90 Å². The molecule has 0 bridgehead atoms. The average Bonchev–Trinajstić information content (AvgIpc) is 3.43. The molecule has 0 spiro atoms. The number of nitrogens with zero attached hydrogens (tertiary/aromatic N) is 3. The number of methoxy groups -OCH3 is 1. The monoisotopic (exact) mass is 583 g/mol. The van der Waals surface area contributed by atoms with E-state index in [0.717, 1.165) is 49.8 Å². The van der Waals surface area contributed by atoms with Crippen molar-refractivity contribution in [1.29, 1.82) is 0 Å². The lowest BCUT2D eigenvalue weighted by atomic mass is 9.94. The van der Waals surface area contributed by atoms with Crippen molar-refractivity contribution in [1.82, 2.24) is 13.5 Å². The molecular weight excluding hydrogens is 534 g/mol. The fourth-order valence-electron chi connectivity index (χ4n) is 6.77. The zero-order valence-electron chi connectivity index (χ0n) is 24.5. The highest BCUT2D eigenvalue weighted by molar-refractivity contribution is 7.89. The van der Waals surface area contributed by atoms with Crippen molar-refractivity contribution in [3.05, 3.63) is 22.8 Å². The lowest BCUT2D eigenvalue weighted by Gasteiger charge is -2.34. The van der Waals surface area contributed by atoms with E-state index in [1.54, 1.807) is 21.8 Å². The first-order valence-electron chi connectivity index (χ1n) is 14.9. The molecule has 39 heavy (non-hydrogen) atoms. The molecule has 8 nitrogen and oxygen atoms in total. The minimum atomic E-state index is -3.64. The quantitative estimate of drug-likeness (QED) is 0.386. The van der Waals surface area contributed by atoms with Crippen LogP contribution in [0.3, 0.4) is 0 Å². The number of rotatable bonds is 11. The third-order valence-electron chi connectivity index (χ3n) is 9.31. The summed E-state index contributed by atoms with van der Waals surface area (Å²) in [5, 5.41) is 0. The molecule has 10 heteroatoms. The van der Waals surface area contributed by atoms with Crippen LogP contribution >= 0.6 is 0 Å². The molecule has 0 saturated carbocycles. The van der Waals surface area contributed by atoms with Crippen molar-refractivity contribution < 1.29 is 21.6 Å². The lowest BCUT2D eigenvalue weighted by molar-refractivity contribution is 0.231. The van der Waals surface area contributed by atoms with Crippen LogP contribution in [0, 0.1) is 32.6 Å². The molecule has 3 saturated heterocycles. The Balaban J connectivity index is 1.26. The van der Waals surface area contributed by atoms with Crippen LogP contribution < -0.4 is 4.74 Å². The third-order valence-corrected chi connectivity index (χ3v) is 13.4. The molecule has 1 unspecified atom stereocenters. The molecule has 222 valence electrons. The van der Waals surface area contributed by atoms with Gasteiger partial charge in [0.15, 0.2) is 0 Å². The van der Waals surface area contributed by atoms with E-state index in [1.807, 2.05) is 20.8 Å². The summed E-state index contributed by atoms with van der Waals surface area (Å²) in [4.78, 5) is 2.93. The van der Waals surface area contributed by atoms with Crippen molar-refractivity contribution in [2.24, 2.45) is 11.8 Å². The molecule has 3 fully saturated rings. The van der Waals surface area contributed by atoms with Crippen LogP contribution in [-0.2, 0) is 20.0 Å². The summed E-state index contributed by atoms with van der Waals surface area (Å²) in [5.41, 5.74) is 2.28.